The highest BCUT2D eigenvalue weighted by Crippen LogP contribution is 2.26. The van der Waals surface area contributed by atoms with Crippen LogP contribution in [0.4, 0.5) is 5.13 Å². The van der Waals surface area contributed by atoms with E-state index in [2.05, 4.69) is 27.8 Å². The van der Waals surface area contributed by atoms with E-state index in [1.54, 1.807) is 0 Å². The predicted molar refractivity (Wildman–Crippen MR) is 119 cm³/mol. The first-order valence-corrected chi connectivity index (χ1v) is 11.2. The van der Waals surface area contributed by atoms with Crippen LogP contribution >= 0.6 is 11.3 Å². The van der Waals surface area contributed by atoms with Gasteiger partial charge >= 0.3 is 0 Å². The summed E-state index contributed by atoms with van der Waals surface area (Å²) in [5.74, 6) is -0.400. The maximum Gasteiger partial charge on any atom is 0.249 e. The van der Waals surface area contributed by atoms with Crippen LogP contribution in [0, 0.1) is 18.8 Å². The van der Waals surface area contributed by atoms with Crippen molar-refractivity contribution in [3.63, 3.8) is 0 Å². The molecule has 2 N–H and O–H groups in total. The molecule has 6 nitrogen and oxygen atoms in total. The van der Waals surface area contributed by atoms with Gasteiger partial charge in [0.2, 0.25) is 16.9 Å². The van der Waals surface area contributed by atoms with Crippen LogP contribution in [0.2, 0.25) is 0 Å². The van der Waals surface area contributed by atoms with Crippen molar-refractivity contribution >= 4 is 28.3 Å². The van der Waals surface area contributed by atoms with Crippen LogP contribution in [0.25, 0.3) is 10.6 Å². The average molecular weight is 417 g/mol. The Balaban J connectivity index is 2.04. The Kier molecular flexibility index (Phi) is 8.76. The molecular formula is C22H32N4O2S. The number of amides is 2. The number of unbranched alkanes of at least 4 members (excludes halogenated alkanes) is 1. The molecule has 1 heterocycles. The van der Waals surface area contributed by atoms with Crippen LogP contribution in [-0.4, -0.2) is 28.1 Å². The summed E-state index contributed by atoms with van der Waals surface area (Å²) < 4.78 is 0. The van der Waals surface area contributed by atoms with E-state index in [4.69, 9.17) is 0 Å². The number of nitrogens with zero attached hydrogens (tertiary/aromatic N) is 2. The summed E-state index contributed by atoms with van der Waals surface area (Å²) in [5.41, 5.74) is 2.13. The monoisotopic (exact) mass is 416 g/mol. The quantitative estimate of drug-likeness (QED) is 0.582. The third kappa shape index (κ3) is 6.63. The molecule has 0 unspecified atom stereocenters. The molecule has 2 atom stereocenters. The SMILES string of the molecule is CCCC[C@H](CC)C(=O)N[C@@H](C(=O)Nc1nnc(-c2ccc(C)cc2)s1)C(C)C. The Morgan fingerprint density at radius 2 is 1.76 bits per heavy atom. The molecule has 0 saturated heterocycles. The smallest absolute Gasteiger partial charge is 0.249 e. The second kappa shape index (κ2) is 11.0. The number of rotatable bonds is 10. The highest BCUT2D eigenvalue weighted by Gasteiger charge is 2.27. The third-order valence-corrected chi connectivity index (χ3v) is 5.86. The minimum absolute atomic E-state index is 0.0351. The zero-order chi connectivity index (χ0) is 21.4. The van der Waals surface area contributed by atoms with Crippen molar-refractivity contribution in [2.45, 2.75) is 66.3 Å². The largest absolute Gasteiger partial charge is 0.344 e. The molecule has 0 aliphatic rings. The molecule has 2 rings (SSSR count). The average Bonchev–Trinajstić information content (AvgIpc) is 3.15. The molecule has 0 bridgehead atoms. The van der Waals surface area contributed by atoms with Gasteiger partial charge in [0.25, 0.3) is 0 Å². The van der Waals surface area contributed by atoms with E-state index in [-0.39, 0.29) is 23.7 Å². The van der Waals surface area contributed by atoms with Gasteiger partial charge in [0, 0.05) is 11.5 Å². The zero-order valence-electron chi connectivity index (χ0n) is 18.0. The molecule has 0 spiro atoms. The van der Waals surface area contributed by atoms with Crippen molar-refractivity contribution in [3.8, 4) is 10.6 Å². The molecule has 0 fully saturated rings. The lowest BCUT2D eigenvalue weighted by Crippen LogP contribution is -2.49. The predicted octanol–water partition coefficient (Wildman–Crippen LogP) is 4.81. The number of aromatic nitrogens is 2. The van der Waals surface area contributed by atoms with Crippen molar-refractivity contribution < 1.29 is 9.59 Å². The van der Waals surface area contributed by atoms with Gasteiger partial charge in [0.05, 0.1) is 0 Å². The van der Waals surface area contributed by atoms with Crippen molar-refractivity contribution in [3.05, 3.63) is 29.8 Å². The molecule has 1 aromatic carbocycles. The maximum absolute atomic E-state index is 12.8. The highest BCUT2D eigenvalue weighted by molar-refractivity contribution is 7.18. The summed E-state index contributed by atoms with van der Waals surface area (Å²) in [7, 11) is 0. The van der Waals surface area contributed by atoms with Gasteiger partial charge in [0.1, 0.15) is 11.0 Å². The van der Waals surface area contributed by atoms with Gasteiger partial charge in [-0.15, -0.1) is 10.2 Å². The molecule has 158 valence electrons. The van der Waals surface area contributed by atoms with Gasteiger partial charge in [-0.05, 0) is 25.7 Å². The van der Waals surface area contributed by atoms with E-state index < -0.39 is 6.04 Å². The van der Waals surface area contributed by atoms with E-state index in [9.17, 15) is 9.59 Å². The lowest BCUT2D eigenvalue weighted by molar-refractivity contribution is -0.130. The number of nitrogens with one attached hydrogen (secondary N) is 2. The van der Waals surface area contributed by atoms with Gasteiger partial charge in [-0.1, -0.05) is 81.7 Å². The molecule has 7 heteroatoms. The topological polar surface area (TPSA) is 84.0 Å². The number of benzene rings is 1. The van der Waals surface area contributed by atoms with Gasteiger partial charge in [-0.25, -0.2) is 0 Å². The third-order valence-electron chi connectivity index (χ3n) is 4.97. The minimum atomic E-state index is -0.607. The maximum atomic E-state index is 12.8. The molecule has 0 saturated carbocycles. The summed E-state index contributed by atoms with van der Waals surface area (Å²) in [5, 5.41) is 15.2. The summed E-state index contributed by atoms with van der Waals surface area (Å²) in [6.07, 6.45) is 3.69. The lowest BCUT2D eigenvalue weighted by Gasteiger charge is -2.24. The fraction of sp³-hybridized carbons (Fsp3) is 0.545. The Hall–Kier alpha value is -2.28. The molecule has 29 heavy (non-hydrogen) atoms. The Morgan fingerprint density at radius 1 is 1.07 bits per heavy atom. The van der Waals surface area contributed by atoms with Crippen LogP contribution in [0.3, 0.4) is 0 Å². The molecule has 0 radical (unpaired) electrons. The molecular weight excluding hydrogens is 384 g/mol. The van der Waals surface area contributed by atoms with E-state index in [1.165, 1.54) is 16.9 Å². The number of carbonyl (C=O) groups excluding carboxylic acids is 2. The second-order valence-corrected chi connectivity index (χ2v) is 8.72. The summed E-state index contributed by atoms with van der Waals surface area (Å²) in [4.78, 5) is 25.5. The highest BCUT2D eigenvalue weighted by atomic mass is 32.1. The first kappa shape index (κ1) is 23.0. The second-order valence-electron chi connectivity index (χ2n) is 7.75. The minimum Gasteiger partial charge on any atom is -0.344 e. The zero-order valence-corrected chi connectivity index (χ0v) is 18.8. The molecule has 2 aromatic rings. The number of carbonyl (C=O) groups is 2. The van der Waals surface area contributed by atoms with Crippen molar-refractivity contribution in [2.75, 3.05) is 5.32 Å². The van der Waals surface area contributed by atoms with Gasteiger partial charge in [-0.3, -0.25) is 14.9 Å². The summed E-state index contributed by atoms with van der Waals surface area (Å²) >= 11 is 1.32. The fourth-order valence-electron chi connectivity index (χ4n) is 3.05. The Labute approximate surface area is 177 Å². The van der Waals surface area contributed by atoms with Crippen LogP contribution in [-0.2, 0) is 9.59 Å². The molecule has 2 amide bonds. The van der Waals surface area contributed by atoms with Crippen LogP contribution in [0.5, 0.6) is 0 Å². The first-order valence-electron chi connectivity index (χ1n) is 10.4. The van der Waals surface area contributed by atoms with E-state index in [1.807, 2.05) is 52.0 Å². The molecule has 0 aliphatic heterocycles. The van der Waals surface area contributed by atoms with Crippen LogP contribution in [0.15, 0.2) is 24.3 Å². The van der Waals surface area contributed by atoms with Crippen molar-refractivity contribution in [1.82, 2.24) is 15.5 Å². The Bertz CT molecular complexity index is 801. The number of hydrogen-bond acceptors (Lipinski definition) is 5. The van der Waals surface area contributed by atoms with E-state index >= 15 is 0 Å². The van der Waals surface area contributed by atoms with Gasteiger partial charge < -0.3 is 5.32 Å². The number of anilines is 1. The molecule has 0 aliphatic carbocycles. The Morgan fingerprint density at radius 3 is 2.34 bits per heavy atom. The van der Waals surface area contributed by atoms with Crippen LogP contribution < -0.4 is 10.6 Å². The number of hydrogen-bond donors (Lipinski definition) is 2. The summed E-state index contributed by atoms with van der Waals surface area (Å²) in [6.45, 7) is 10.0. The van der Waals surface area contributed by atoms with Gasteiger partial charge in [0.15, 0.2) is 0 Å². The standard InChI is InChI=1S/C22H32N4O2S/c1-6-8-9-16(7-2)19(27)23-18(14(3)4)20(28)24-22-26-25-21(29-22)17-12-10-15(5)11-13-17/h10-14,16,18H,6-9H2,1-5H3,(H,23,27)(H,24,26,28)/t16-,18+/m0/s1. The summed E-state index contributed by atoms with van der Waals surface area (Å²) in [6, 6.07) is 7.40. The fourth-order valence-corrected chi connectivity index (χ4v) is 3.80. The number of aryl methyl sites for hydroxylation is 1. The van der Waals surface area contributed by atoms with Crippen molar-refractivity contribution in [2.24, 2.45) is 11.8 Å². The molecule has 1 aromatic heterocycles. The normalized spacial score (nSPS) is 13.2. The van der Waals surface area contributed by atoms with E-state index in [0.717, 1.165) is 36.3 Å². The lowest BCUT2D eigenvalue weighted by atomic mass is 9.96. The van der Waals surface area contributed by atoms with Crippen LogP contribution in [0.1, 0.15) is 58.9 Å². The van der Waals surface area contributed by atoms with Gasteiger partial charge in [-0.2, -0.15) is 0 Å². The van der Waals surface area contributed by atoms with Crippen molar-refractivity contribution in [1.29, 1.82) is 0 Å². The van der Waals surface area contributed by atoms with E-state index in [0.29, 0.717) is 5.13 Å². The first-order chi connectivity index (χ1) is 13.8.